The molecule has 0 aliphatic heterocycles. The van der Waals surface area contributed by atoms with Crippen molar-refractivity contribution in [1.29, 1.82) is 5.26 Å². The second kappa shape index (κ2) is 8.00. The van der Waals surface area contributed by atoms with Gasteiger partial charge in [-0.2, -0.15) is 5.26 Å². The fourth-order valence-corrected chi connectivity index (χ4v) is 3.29. The first-order chi connectivity index (χ1) is 13.3. The van der Waals surface area contributed by atoms with E-state index in [0.29, 0.717) is 22.1 Å². The van der Waals surface area contributed by atoms with Crippen molar-refractivity contribution in [2.24, 2.45) is 0 Å². The summed E-state index contributed by atoms with van der Waals surface area (Å²) < 4.78 is 11.6. The molecule has 2 aromatic carbocycles. The van der Waals surface area contributed by atoms with Crippen LogP contribution in [0.15, 0.2) is 69.8 Å². The Labute approximate surface area is 174 Å². The van der Waals surface area contributed by atoms with Crippen LogP contribution in [0.3, 0.4) is 0 Å². The molecule has 0 aliphatic carbocycles. The van der Waals surface area contributed by atoms with Gasteiger partial charge in [-0.1, -0.05) is 31.9 Å². The van der Waals surface area contributed by atoms with Crippen LogP contribution < -0.4 is 11.3 Å². The Kier molecular flexibility index (Phi) is 5.68. The highest BCUT2D eigenvalue weighted by Crippen LogP contribution is 2.25. The van der Waals surface area contributed by atoms with Crippen molar-refractivity contribution in [3.05, 3.63) is 83.4 Å². The second-order valence-corrected chi connectivity index (χ2v) is 7.56. The molecule has 0 fully saturated rings. The number of fused-ring (bicyclic) bond motifs is 2. The Morgan fingerprint density at radius 1 is 0.929 bits per heavy atom. The minimum atomic E-state index is -0.579. The fourth-order valence-electron chi connectivity index (χ4n) is 2.57. The second-order valence-electron chi connectivity index (χ2n) is 5.73. The zero-order valence-electron chi connectivity index (χ0n) is 14.3. The highest BCUT2D eigenvalue weighted by atomic mass is 79.9. The molecule has 0 amide bonds. The largest absolute Gasteiger partial charge is 0.507 e. The zero-order chi connectivity index (χ0) is 20.4. The van der Waals surface area contributed by atoms with Gasteiger partial charge in [0.15, 0.2) is 0 Å². The summed E-state index contributed by atoms with van der Waals surface area (Å²) in [5.41, 5.74) is 0.482. The number of hydrogen-bond donors (Lipinski definition) is 1. The SMILES string of the molecule is Cc1c(C#N)c(=O)oc2ccc(Br)cc12.O=c1cc(O)c2cc(Br)ccc2o1. The van der Waals surface area contributed by atoms with Crippen LogP contribution in [0.4, 0.5) is 0 Å². The molecule has 1 N–H and O–H groups in total. The summed E-state index contributed by atoms with van der Waals surface area (Å²) in [7, 11) is 0. The van der Waals surface area contributed by atoms with E-state index in [-0.39, 0.29) is 11.3 Å². The molecule has 6 nitrogen and oxygen atoms in total. The predicted octanol–water partition coefficient (Wildman–Crippen LogP) is 5.00. The third-order valence-electron chi connectivity index (χ3n) is 3.92. The van der Waals surface area contributed by atoms with Crippen LogP contribution in [-0.2, 0) is 0 Å². The number of benzene rings is 2. The standard InChI is InChI=1S/C11H6BrNO2.C9H5BrO3/c1-6-8-4-7(12)2-3-10(8)15-11(14)9(6)5-13;10-5-1-2-8-6(3-5)7(11)4-9(12)13-8/h2-4H,1H3;1-4,11H. The predicted molar refractivity (Wildman–Crippen MR) is 111 cm³/mol. The van der Waals surface area contributed by atoms with Crippen LogP contribution in [-0.4, -0.2) is 5.11 Å². The summed E-state index contributed by atoms with van der Waals surface area (Å²) in [5.74, 6) is -0.0625. The molecule has 4 aromatic rings. The summed E-state index contributed by atoms with van der Waals surface area (Å²) in [6.45, 7) is 1.74. The van der Waals surface area contributed by atoms with Gasteiger partial charge in [-0.05, 0) is 48.9 Å². The number of rotatable bonds is 0. The normalized spacial score (nSPS) is 10.4. The molecule has 0 aliphatic rings. The van der Waals surface area contributed by atoms with Gasteiger partial charge >= 0.3 is 11.3 Å². The molecule has 0 radical (unpaired) electrons. The first kappa shape index (κ1) is 19.9. The Hall–Kier alpha value is -2.89. The molecule has 0 saturated carbocycles. The molecule has 8 heteroatoms. The first-order valence-electron chi connectivity index (χ1n) is 7.85. The van der Waals surface area contributed by atoms with E-state index in [0.717, 1.165) is 20.4 Å². The van der Waals surface area contributed by atoms with E-state index in [1.807, 2.05) is 12.1 Å². The minimum Gasteiger partial charge on any atom is -0.507 e. The third-order valence-corrected chi connectivity index (χ3v) is 4.91. The molecular weight excluding hydrogens is 494 g/mol. The van der Waals surface area contributed by atoms with Gasteiger partial charge in [0, 0.05) is 14.3 Å². The molecule has 4 rings (SSSR count). The summed E-state index contributed by atoms with van der Waals surface area (Å²) in [4.78, 5) is 22.2. The Morgan fingerprint density at radius 3 is 2.11 bits per heavy atom. The maximum atomic E-state index is 11.4. The molecule has 28 heavy (non-hydrogen) atoms. The van der Waals surface area contributed by atoms with Crippen molar-refractivity contribution in [2.45, 2.75) is 6.92 Å². The fraction of sp³-hybridized carbons (Fsp3) is 0.0500. The van der Waals surface area contributed by atoms with Crippen LogP contribution >= 0.6 is 31.9 Å². The molecule has 2 heterocycles. The number of hydrogen-bond acceptors (Lipinski definition) is 6. The van der Waals surface area contributed by atoms with Crippen LogP contribution in [0.1, 0.15) is 11.1 Å². The van der Waals surface area contributed by atoms with Gasteiger partial charge in [-0.3, -0.25) is 0 Å². The quantitative estimate of drug-likeness (QED) is 0.338. The summed E-state index contributed by atoms with van der Waals surface area (Å²) >= 11 is 6.58. The van der Waals surface area contributed by atoms with E-state index >= 15 is 0 Å². The van der Waals surface area contributed by atoms with Gasteiger partial charge < -0.3 is 13.9 Å². The van der Waals surface area contributed by atoms with Gasteiger partial charge in [0.25, 0.3) is 0 Å². The zero-order valence-corrected chi connectivity index (χ0v) is 17.5. The number of nitrogens with zero attached hydrogens (tertiary/aromatic N) is 1. The van der Waals surface area contributed by atoms with Crippen LogP contribution in [0.2, 0.25) is 0 Å². The maximum Gasteiger partial charge on any atom is 0.354 e. The summed E-state index contributed by atoms with van der Waals surface area (Å²) in [5, 5.41) is 19.5. The van der Waals surface area contributed by atoms with Crippen LogP contribution in [0.5, 0.6) is 5.75 Å². The molecular formula is C20H11Br2NO5. The average molecular weight is 505 g/mol. The van der Waals surface area contributed by atoms with Gasteiger partial charge in [0.05, 0.1) is 11.5 Å². The Balaban J connectivity index is 0.000000162. The van der Waals surface area contributed by atoms with Crippen molar-refractivity contribution < 1.29 is 13.9 Å². The van der Waals surface area contributed by atoms with E-state index in [1.165, 1.54) is 0 Å². The highest BCUT2D eigenvalue weighted by molar-refractivity contribution is 9.10. The summed E-state index contributed by atoms with van der Waals surface area (Å²) in [6, 6.07) is 13.3. The lowest BCUT2D eigenvalue weighted by Crippen LogP contribution is -2.06. The van der Waals surface area contributed by atoms with Gasteiger partial charge in [-0.15, -0.1) is 0 Å². The van der Waals surface area contributed by atoms with Crippen molar-refractivity contribution >= 4 is 53.8 Å². The topological polar surface area (TPSA) is 104 Å². The van der Waals surface area contributed by atoms with Gasteiger partial charge in [-0.25, -0.2) is 9.59 Å². The molecule has 0 bridgehead atoms. The molecule has 2 aromatic heterocycles. The number of halogens is 2. The summed E-state index contributed by atoms with van der Waals surface area (Å²) in [6.07, 6.45) is 0. The van der Waals surface area contributed by atoms with E-state index in [4.69, 9.17) is 14.1 Å². The average Bonchev–Trinajstić information content (AvgIpc) is 2.64. The number of nitriles is 1. The monoisotopic (exact) mass is 503 g/mol. The van der Waals surface area contributed by atoms with Crippen molar-refractivity contribution in [3.63, 3.8) is 0 Å². The maximum absolute atomic E-state index is 11.4. The molecule has 0 spiro atoms. The van der Waals surface area contributed by atoms with E-state index in [9.17, 15) is 14.7 Å². The van der Waals surface area contributed by atoms with Crippen molar-refractivity contribution in [2.75, 3.05) is 0 Å². The van der Waals surface area contributed by atoms with E-state index < -0.39 is 11.3 Å². The van der Waals surface area contributed by atoms with Crippen LogP contribution in [0, 0.1) is 18.3 Å². The Bertz CT molecular complexity index is 1370. The van der Waals surface area contributed by atoms with E-state index in [1.54, 1.807) is 37.3 Å². The van der Waals surface area contributed by atoms with Crippen LogP contribution in [0.25, 0.3) is 21.9 Å². The van der Waals surface area contributed by atoms with Crippen molar-refractivity contribution in [3.8, 4) is 11.8 Å². The third kappa shape index (κ3) is 4.01. The molecule has 140 valence electrons. The molecule has 0 atom stereocenters. The molecule has 0 unspecified atom stereocenters. The lowest BCUT2D eigenvalue weighted by molar-refractivity contribution is 0.468. The smallest absolute Gasteiger partial charge is 0.354 e. The number of aromatic hydroxyl groups is 1. The first-order valence-corrected chi connectivity index (χ1v) is 9.44. The van der Waals surface area contributed by atoms with E-state index in [2.05, 4.69) is 31.9 Å². The molecule has 0 saturated heterocycles. The highest BCUT2D eigenvalue weighted by Gasteiger charge is 2.10. The van der Waals surface area contributed by atoms with Gasteiger partial charge in [0.1, 0.15) is 28.5 Å². The minimum absolute atomic E-state index is 0.0625. The van der Waals surface area contributed by atoms with Gasteiger partial charge in [0.2, 0.25) is 0 Å². The lowest BCUT2D eigenvalue weighted by atomic mass is 10.1. The lowest BCUT2D eigenvalue weighted by Gasteiger charge is -2.02. The van der Waals surface area contributed by atoms with Crippen molar-refractivity contribution in [1.82, 2.24) is 0 Å². The Morgan fingerprint density at radius 2 is 1.50 bits per heavy atom. The number of aryl methyl sites for hydroxylation is 1.